The van der Waals surface area contributed by atoms with E-state index in [0.717, 1.165) is 23.7 Å². The Morgan fingerprint density at radius 2 is 1.47 bits per heavy atom. The van der Waals surface area contributed by atoms with Crippen LogP contribution in [0.4, 0.5) is 0 Å². The maximum Gasteiger partial charge on any atom is -0.0329 e. The molecular weight excluding hydrogens is 204 g/mol. The summed E-state index contributed by atoms with van der Waals surface area (Å²) in [6.07, 6.45) is 5.35. The topological polar surface area (TPSA) is 0 Å². The van der Waals surface area contributed by atoms with Gasteiger partial charge in [0.15, 0.2) is 0 Å². The lowest BCUT2D eigenvalue weighted by Crippen LogP contribution is -2.33. The van der Waals surface area contributed by atoms with E-state index in [4.69, 9.17) is 0 Å². The molecule has 0 fully saturated rings. The van der Waals surface area contributed by atoms with Crippen LogP contribution in [0.5, 0.6) is 0 Å². The molecule has 0 aliphatic heterocycles. The smallest absolute Gasteiger partial charge is 0.0329 e. The fraction of sp³-hybridized carbons (Fsp3) is 1.00. The van der Waals surface area contributed by atoms with Gasteiger partial charge in [-0.15, -0.1) is 0 Å². The molecule has 0 rings (SSSR count). The predicted octanol–water partition coefficient (Wildman–Crippen LogP) is 6.16. The molecule has 0 nitrogen and oxygen atoms in total. The van der Waals surface area contributed by atoms with Crippen LogP contribution >= 0.6 is 0 Å². The number of hydrogen-bond donors (Lipinski definition) is 0. The minimum atomic E-state index is 0.485. The van der Waals surface area contributed by atoms with Crippen LogP contribution in [-0.4, -0.2) is 0 Å². The average Bonchev–Trinajstić information content (AvgIpc) is 2.33. The zero-order valence-electron chi connectivity index (χ0n) is 13.6. The molecule has 0 aliphatic carbocycles. The Morgan fingerprint density at radius 1 is 0.941 bits per heavy atom. The van der Waals surface area contributed by atoms with Gasteiger partial charge in [-0.05, 0) is 29.1 Å². The Balaban J connectivity index is 4.76. The van der Waals surface area contributed by atoms with Gasteiger partial charge >= 0.3 is 0 Å². The van der Waals surface area contributed by atoms with Crippen molar-refractivity contribution in [1.82, 2.24) is 0 Å². The predicted molar refractivity (Wildman–Crippen MR) is 80.3 cm³/mol. The summed E-state index contributed by atoms with van der Waals surface area (Å²) in [5.41, 5.74) is 0.485. The van der Waals surface area contributed by atoms with Crippen LogP contribution in [0.3, 0.4) is 0 Å². The lowest BCUT2D eigenvalue weighted by Gasteiger charge is -2.41. The van der Waals surface area contributed by atoms with E-state index in [1.165, 1.54) is 25.7 Å². The first-order valence-electron chi connectivity index (χ1n) is 7.81. The number of hydrogen-bond acceptors (Lipinski definition) is 0. The van der Waals surface area contributed by atoms with Crippen LogP contribution in [0.1, 0.15) is 81.1 Å². The van der Waals surface area contributed by atoms with Gasteiger partial charge in [0.2, 0.25) is 0 Å². The van der Waals surface area contributed by atoms with E-state index in [2.05, 4.69) is 55.4 Å². The summed E-state index contributed by atoms with van der Waals surface area (Å²) in [7, 11) is 0. The van der Waals surface area contributed by atoms with Gasteiger partial charge in [-0.25, -0.2) is 0 Å². The van der Waals surface area contributed by atoms with Crippen molar-refractivity contribution in [3.63, 3.8) is 0 Å². The summed E-state index contributed by atoms with van der Waals surface area (Å²) >= 11 is 0. The van der Waals surface area contributed by atoms with Crippen molar-refractivity contribution < 1.29 is 0 Å². The second-order valence-corrected chi connectivity index (χ2v) is 6.83. The molecule has 0 N–H and O–H groups in total. The lowest BCUT2D eigenvalue weighted by atomic mass is 9.65. The van der Waals surface area contributed by atoms with Crippen molar-refractivity contribution in [3.05, 3.63) is 0 Å². The molecule has 104 valence electrons. The molecule has 0 bridgehead atoms. The molecule has 0 spiro atoms. The first-order valence-corrected chi connectivity index (χ1v) is 7.81. The lowest BCUT2D eigenvalue weighted by molar-refractivity contribution is 0.0870. The van der Waals surface area contributed by atoms with Gasteiger partial charge in [-0.3, -0.25) is 0 Å². The highest BCUT2D eigenvalue weighted by Gasteiger charge is 2.33. The van der Waals surface area contributed by atoms with E-state index in [1.54, 1.807) is 0 Å². The highest BCUT2D eigenvalue weighted by atomic mass is 14.4. The molecule has 0 aromatic heterocycles. The Labute approximate surface area is 111 Å². The fourth-order valence-electron chi connectivity index (χ4n) is 3.11. The van der Waals surface area contributed by atoms with E-state index >= 15 is 0 Å². The van der Waals surface area contributed by atoms with Gasteiger partial charge in [0, 0.05) is 0 Å². The zero-order valence-corrected chi connectivity index (χ0v) is 13.6. The van der Waals surface area contributed by atoms with Crippen LogP contribution in [0.25, 0.3) is 0 Å². The third-order valence-corrected chi connectivity index (χ3v) is 5.60. The monoisotopic (exact) mass is 240 g/mol. The SMILES string of the molecule is CCCC(C(C)CC)C(C)C(C)C(C)(C)CC. The standard InChI is InChI=1S/C17H36/c1-9-12-16(13(4)10-2)14(5)15(6)17(7,8)11-3/h13-16H,9-12H2,1-8H3. The van der Waals surface area contributed by atoms with Crippen molar-refractivity contribution in [3.8, 4) is 0 Å². The van der Waals surface area contributed by atoms with Gasteiger partial charge in [-0.2, -0.15) is 0 Å². The molecule has 0 heterocycles. The Hall–Kier alpha value is 0. The molecule has 0 aromatic rings. The summed E-state index contributed by atoms with van der Waals surface area (Å²) < 4.78 is 0. The highest BCUT2D eigenvalue weighted by molar-refractivity contribution is 4.83. The first-order chi connectivity index (χ1) is 7.81. The summed E-state index contributed by atoms with van der Waals surface area (Å²) in [4.78, 5) is 0. The summed E-state index contributed by atoms with van der Waals surface area (Å²) in [5, 5.41) is 0. The molecule has 0 saturated heterocycles. The molecule has 4 atom stereocenters. The van der Waals surface area contributed by atoms with E-state index in [-0.39, 0.29) is 0 Å². The van der Waals surface area contributed by atoms with Crippen molar-refractivity contribution in [1.29, 1.82) is 0 Å². The second kappa shape index (κ2) is 7.44. The Kier molecular flexibility index (Phi) is 7.44. The van der Waals surface area contributed by atoms with E-state index < -0.39 is 0 Å². The van der Waals surface area contributed by atoms with Gasteiger partial charge < -0.3 is 0 Å². The third-order valence-electron chi connectivity index (χ3n) is 5.60. The third kappa shape index (κ3) is 4.64. The van der Waals surface area contributed by atoms with Crippen molar-refractivity contribution in [2.24, 2.45) is 29.1 Å². The molecule has 0 aromatic carbocycles. The highest BCUT2D eigenvalue weighted by Crippen LogP contribution is 2.42. The van der Waals surface area contributed by atoms with Gasteiger partial charge in [0.1, 0.15) is 0 Å². The maximum absolute atomic E-state index is 2.49. The molecule has 0 saturated carbocycles. The number of rotatable bonds is 8. The minimum Gasteiger partial charge on any atom is -0.0654 e. The van der Waals surface area contributed by atoms with Crippen molar-refractivity contribution in [2.45, 2.75) is 81.1 Å². The molecule has 4 unspecified atom stereocenters. The normalized spacial score (nSPS) is 19.8. The van der Waals surface area contributed by atoms with Crippen molar-refractivity contribution >= 4 is 0 Å². The largest absolute Gasteiger partial charge is 0.0654 e. The molecule has 0 radical (unpaired) electrons. The summed E-state index contributed by atoms with van der Waals surface area (Å²) in [6, 6.07) is 0. The fourth-order valence-corrected chi connectivity index (χ4v) is 3.11. The van der Waals surface area contributed by atoms with Crippen LogP contribution in [-0.2, 0) is 0 Å². The minimum absolute atomic E-state index is 0.485. The maximum atomic E-state index is 2.49. The Bertz CT molecular complexity index is 192. The van der Waals surface area contributed by atoms with Crippen LogP contribution in [0.15, 0.2) is 0 Å². The van der Waals surface area contributed by atoms with E-state index in [0.29, 0.717) is 5.41 Å². The van der Waals surface area contributed by atoms with Gasteiger partial charge in [0.05, 0.1) is 0 Å². The van der Waals surface area contributed by atoms with E-state index in [1.807, 2.05) is 0 Å². The van der Waals surface area contributed by atoms with E-state index in [9.17, 15) is 0 Å². The zero-order chi connectivity index (χ0) is 13.6. The van der Waals surface area contributed by atoms with Crippen LogP contribution in [0.2, 0.25) is 0 Å². The summed E-state index contributed by atoms with van der Waals surface area (Å²) in [6.45, 7) is 19.3. The molecule has 0 heteroatoms. The van der Waals surface area contributed by atoms with Crippen LogP contribution in [0, 0.1) is 29.1 Å². The van der Waals surface area contributed by atoms with Crippen LogP contribution < -0.4 is 0 Å². The Morgan fingerprint density at radius 3 is 1.82 bits per heavy atom. The average molecular weight is 240 g/mol. The molecule has 0 aliphatic rings. The quantitative estimate of drug-likeness (QED) is 0.477. The van der Waals surface area contributed by atoms with Gasteiger partial charge in [0.25, 0.3) is 0 Å². The second-order valence-electron chi connectivity index (χ2n) is 6.83. The first kappa shape index (κ1) is 17.0. The van der Waals surface area contributed by atoms with Gasteiger partial charge in [-0.1, -0.05) is 81.1 Å². The molecular formula is C17H36. The molecule has 17 heavy (non-hydrogen) atoms. The van der Waals surface area contributed by atoms with Crippen molar-refractivity contribution in [2.75, 3.05) is 0 Å². The molecule has 0 amide bonds. The summed E-state index contributed by atoms with van der Waals surface area (Å²) in [5.74, 6) is 3.45.